The van der Waals surface area contributed by atoms with Crippen molar-refractivity contribution in [2.45, 2.75) is 19.3 Å². The number of carbonyl (C=O) groups excluding carboxylic acids is 1. The molecular formula is C13H17BrN2O2. The Labute approximate surface area is 115 Å². The molecule has 0 atom stereocenters. The van der Waals surface area contributed by atoms with Gasteiger partial charge in [0.25, 0.3) is 5.91 Å². The number of nitrogens with zero attached hydrogens (tertiary/aromatic N) is 1. The number of nitrogens with one attached hydrogen (secondary N) is 1. The molecule has 2 saturated heterocycles. The van der Waals surface area contributed by atoms with Crippen molar-refractivity contribution in [1.82, 2.24) is 10.2 Å². The monoisotopic (exact) mass is 312 g/mol. The number of furan rings is 1. The first kappa shape index (κ1) is 12.2. The van der Waals surface area contributed by atoms with Crippen LogP contribution in [0.4, 0.5) is 0 Å². The predicted molar refractivity (Wildman–Crippen MR) is 71.5 cm³/mol. The molecule has 0 radical (unpaired) electrons. The van der Waals surface area contributed by atoms with E-state index in [0.29, 0.717) is 15.8 Å². The van der Waals surface area contributed by atoms with Gasteiger partial charge in [-0.2, -0.15) is 0 Å². The van der Waals surface area contributed by atoms with Crippen LogP contribution in [-0.2, 0) is 0 Å². The van der Waals surface area contributed by atoms with Gasteiger partial charge in [-0.05, 0) is 65.8 Å². The Hall–Kier alpha value is -0.810. The van der Waals surface area contributed by atoms with Gasteiger partial charge in [-0.25, -0.2) is 0 Å². The SMILES string of the molecule is O=C(c1ccc(Br)o1)N1CCC2(CCNCC2)C1. The summed E-state index contributed by atoms with van der Waals surface area (Å²) < 4.78 is 5.96. The van der Waals surface area contributed by atoms with Crippen LogP contribution in [0.15, 0.2) is 21.2 Å². The van der Waals surface area contributed by atoms with Gasteiger partial charge in [-0.1, -0.05) is 0 Å². The van der Waals surface area contributed by atoms with Crippen LogP contribution in [-0.4, -0.2) is 37.0 Å². The Balaban J connectivity index is 1.70. The maximum Gasteiger partial charge on any atom is 0.289 e. The summed E-state index contributed by atoms with van der Waals surface area (Å²) in [5, 5.41) is 3.39. The van der Waals surface area contributed by atoms with Crippen molar-refractivity contribution in [2.75, 3.05) is 26.2 Å². The van der Waals surface area contributed by atoms with Gasteiger partial charge in [-0.3, -0.25) is 4.79 Å². The van der Waals surface area contributed by atoms with E-state index in [1.54, 1.807) is 12.1 Å². The highest BCUT2D eigenvalue weighted by Crippen LogP contribution is 2.39. The van der Waals surface area contributed by atoms with Crippen molar-refractivity contribution >= 4 is 21.8 Å². The molecule has 1 N–H and O–H groups in total. The summed E-state index contributed by atoms with van der Waals surface area (Å²) in [5.74, 6) is 0.462. The maximum atomic E-state index is 12.3. The van der Waals surface area contributed by atoms with Gasteiger partial charge in [-0.15, -0.1) is 0 Å². The number of halogens is 1. The molecule has 1 aromatic heterocycles. The summed E-state index contributed by atoms with van der Waals surface area (Å²) >= 11 is 3.23. The molecular weight excluding hydrogens is 296 g/mol. The highest BCUT2D eigenvalue weighted by atomic mass is 79.9. The van der Waals surface area contributed by atoms with Crippen molar-refractivity contribution in [3.8, 4) is 0 Å². The van der Waals surface area contributed by atoms with Gasteiger partial charge in [0.2, 0.25) is 0 Å². The third kappa shape index (κ3) is 2.21. The van der Waals surface area contributed by atoms with Crippen molar-refractivity contribution in [3.05, 3.63) is 22.6 Å². The quantitative estimate of drug-likeness (QED) is 0.865. The molecule has 2 fully saturated rings. The van der Waals surface area contributed by atoms with Crippen molar-refractivity contribution in [1.29, 1.82) is 0 Å². The van der Waals surface area contributed by atoms with Crippen LogP contribution in [0, 0.1) is 5.41 Å². The average Bonchev–Trinajstić information content (AvgIpc) is 2.97. The van der Waals surface area contributed by atoms with Crippen LogP contribution in [0.1, 0.15) is 29.8 Å². The van der Waals surface area contributed by atoms with Crippen molar-refractivity contribution in [3.63, 3.8) is 0 Å². The molecule has 0 aliphatic carbocycles. The first-order chi connectivity index (χ1) is 8.69. The van der Waals surface area contributed by atoms with E-state index in [0.717, 1.165) is 32.6 Å². The standard InChI is InChI=1S/C13H17BrN2O2/c14-11-2-1-10(18-11)12(17)16-8-5-13(9-16)3-6-15-7-4-13/h1-2,15H,3-9H2. The summed E-state index contributed by atoms with van der Waals surface area (Å²) in [5.41, 5.74) is 0.352. The first-order valence-electron chi connectivity index (χ1n) is 6.44. The highest BCUT2D eigenvalue weighted by Gasteiger charge is 2.41. The summed E-state index contributed by atoms with van der Waals surface area (Å²) in [7, 11) is 0. The second-order valence-electron chi connectivity index (χ2n) is 5.33. The molecule has 1 spiro atoms. The molecule has 3 rings (SSSR count). The summed E-state index contributed by atoms with van der Waals surface area (Å²) in [6.07, 6.45) is 3.49. The lowest BCUT2D eigenvalue weighted by molar-refractivity contribution is 0.0729. The van der Waals surface area contributed by atoms with E-state index in [4.69, 9.17) is 4.42 Å². The Morgan fingerprint density at radius 1 is 1.33 bits per heavy atom. The molecule has 1 amide bonds. The molecule has 2 aliphatic rings. The van der Waals surface area contributed by atoms with E-state index in [1.807, 2.05) is 4.90 Å². The van der Waals surface area contributed by atoms with Crippen LogP contribution in [0.2, 0.25) is 0 Å². The Morgan fingerprint density at radius 3 is 2.78 bits per heavy atom. The largest absolute Gasteiger partial charge is 0.444 e. The Morgan fingerprint density at radius 2 is 2.11 bits per heavy atom. The van der Waals surface area contributed by atoms with Gasteiger partial charge in [0, 0.05) is 13.1 Å². The van der Waals surface area contributed by atoms with Gasteiger partial charge in [0.05, 0.1) is 0 Å². The molecule has 0 saturated carbocycles. The Kier molecular flexibility index (Phi) is 3.20. The molecule has 1 aromatic rings. The van der Waals surface area contributed by atoms with E-state index in [9.17, 15) is 4.79 Å². The molecule has 2 aliphatic heterocycles. The zero-order chi connectivity index (χ0) is 12.6. The lowest BCUT2D eigenvalue weighted by atomic mass is 9.78. The van der Waals surface area contributed by atoms with Crippen LogP contribution in [0.25, 0.3) is 0 Å². The smallest absolute Gasteiger partial charge is 0.289 e. The molecule has 18 heavy (non-hydrogen) atoms. The Bertz CT molecular complexity index is 452. The zero-order valence-corrected chi connectivity index (χ0v) is 11.8. The highest BCUT2D eigenvalue weighted by molar-refractivity contribution is 9.10. The van der Waals surface area contributed by atoms with Crippen LogP contribution >= 0.6 is 15.9 Å². The second kappa shape index (κ2) is 4.70. The summed E-state index contributed by atoms with van der Waals surface area (Å²) in [6.45, 7) is 3.89. The molecule has 5 heteroatoms. The average molecular weight is 313 g/mol. The van der Waals surface area contributed by atoms with Gasteiger partial charge in [0.1, 0.15) is 0 Å². The van der Waals surface area contributed by atoms with E-state index in [2.05, 4.69) is 21.2 Å². The van der Waals surface area contributed by atoms with Crippen LogP contribution in [0.3, 0.4) is 0 Å². The second-order valence-corrected chi connectivity index (χ2v) is 6.11. The summed E-state index contributed by atoms with van der Waals surface area (Å²) in [4.78, 5) is 14.2. The normalized spacial score (nSPS) is 22.6. The van der Waals surface area contributed by atoms with E-state index in [1.165, 1.54) is 12.8 Å². The lowest BCUT2D eigenvalue weighted by Gasteiger charge is -2.33. The first-order valence-corrected chi connectivity index (χ1v) is 7.23. The van der Waals surface area contributed by atoms with Gasteiger partial charge < -0.3 is 14.6 Å². The lowest BCUT2D eigenvalue weighted by Crippen LogP contribution is -2.39. The predicted octanol–water partition coefficient (Wildman–Crippen LogP) is 2.26. The topological polar surface area (TPSA) is 45.5 Å². The third-order valence-corrected chi connectivity index (χ3v) is 4.60. The number of piperidine rings is 1. The summed E-state index contributed by atoms with van der Waals surface area (Å²) in [6, 6.07) is 3.50. The number of carbonyl (C=O) groups is 1. The molecule has 3 heterocycles. The van der Waals surface area contributed by atoms with E-state index >= 15 is 0 Å². The van der Waals surface area contributed by atoms with E-state index in [-0.39, 0.29) is 5.91 Å². The van der Waals surface area contributed by atoms with Gasteiger partial charge >= 0.3 is 0 Å². The van der Waals surface area contributed by atoms with Crippen molar-refractivity contribution < 1.29 is 9.21 Å². The van der Waals surface area contributed by atoms with Gasteiger partial charge in [0.15, 0.2) is 10.4 Å². The molecule has 0 bridgehead atoms. The fourth-order valence-corrected chi connectivity index (χ4v) is 3.37. The number of hydrogen-bond donors (Lipinski definition) is 1. The fourth-order valence-electron chi connectivity index (χ4n) is 3.06. The maximum absolute atomic E-state index is 12.3. The molecule has 0 unspecified atom stereocenters. The van der Waals surface area contributed by atoms with E-state index < -0.39 is 0 Å². The number of likely N-dealkylation sites (tertiary alicyclic amines) is 1. The molecule has 4 nitrogen and oxygen atoms in total. The minimum absolute atomic E-state index is 0.0242. The minimum atomic E-state index is 0.0242. The number of amides is 1. The van der Waals surface area contributed by atoms with Crippen molar-refractivity contribution in [2.24, 2.45) is 5.41 Å². The molecule has 98 valence electrons. The third-order valence-electron chi connectivity index (χ3n) is 4.17. The minimum Gasteiger partial charge on any atom is -0.444 e. The number of hydrogen-bond acceptors (Lipinski definition) is 3. The number of rotatable bonds is 1. The zero-order valence-electron chi connectivity index (χ0n) is 10.2. The molecule has 0 aromatic carbocycles. The fraction of sp³-hybridized carbons (Fsp3) is 0.615. The van der Waals surface area contributed by atoms with Crippen LogP contribution < -0.4 is 5.32 Å². The van der Waals surface area contributed by atoms with Crippen LogP contribution in [0.5, 0.6) is 0 Å².